The van der Waals surface area contributed by atoms with Gasteiger partial charge in [-0.2, -0.15) is 0 Å². The zero-order chi connectivity index (χ0) is 11.4. The minimum absolute atomic E-state index is 0.452. The van der Waals surface area contributed by atoms with Crippen molar-refractivity contribution in [2.75, 3.05) is 0 Å². The Kier molecular flexibility index (Phi) is 11.5. The molecule has 0 spiro atoms. The summed E-state index contributed by atoms with van der Waals surface area (Å²) >= 11 is 0. The van der Waals surface area contributed by atoms with Crippen LogP contribution in [0.3, 0.4) is 0 Å². The molecule has 0 saturated carbocycles. The first kappa shape index (κ1) is 14.7. The second kappa shape index (κ2) is 11.7. The second-order valence-electron chi connectivity index (χ2n) is 4.22. The van der Waals surface area contributed by atoms with E-state index < -0.39 is 0 Å². The highest BCUT2D eigenvalue weighted by Gasteiger charge is 2.01. The van der Waals surface area contributed by atoms with E-state index in [1.165, 1.54) is 19.3 Å². The number of carbonyl (C=O) groups is 1. The van der Waals surface area contributed by atoms with Crippen LogP contribution in [0.5, 0.6) is 0 Å². The number of ketones is 1. The maximum absolute atomic E-state index is 11.4. The van der Waals surface area contributed by atoms with Crippen molar-refractivity contribution in [3.05, 3.63) is 13.8 Å². The van der Waals surface area contributed by atoms with Gasteiger partial charge in [0.25, 0.3) is 0 Å². The first-order valence-electron chi connectivity index (χ1n) is 6.41. The van der Waals surface area contributed by atoms with Crippen molar-refractivity contribution in [2.45, 2.75) is 70.6 Å². The Labute approximate surface area is 95.6 Å². The zero-order valence-electron chi connectivity index (χ0n) is 10.1. The minimum atomic E-state index is 0.452. The monoisotopic (exact) mass is 210 g/mol. The van der Waals surface area contributed by atoms with E-state index in [1.54, 1.807) is 0 Å². The van der Waals surface area contributed by atoms with Crippen molar-refractivity contribution in [3.8, 4) is 0 Å². The van der Waals surface area contributed by atoms with Gasteiger partial charge in [-0.15, -0.1) is 0 Å². The van der Waals surface area contributed by atoms with E-state index in [0.29, 0.717) is 5.78 Å². The predicted molar refractivity (Wildman–Crippen MR) is 66.5 cm³/mol. The Bertz CT molecular complexity index is 140. The summed E-state index contributed by atoms with van der Waals surface area (Å²) in [6.45, 7) is 7.59. The standard InChI is InChI=1S/C14H26O/c1-3-5-7-9-11-13-14(15)12-10-8-6-4-2/h1-13H2. The highest BCUT2D eigenvalue weighted by molar-refractivity contribution is 5.78. The summed E-state index contributed by atoms with van der Waals surface area (Å²) in [6, 6.07) is 0. The number of Topliss-reactive ketones (excluding diaryl/α,β-unsaturated/α-hetero) is 1. The van der Waals surface area contributed by atoms with Crippen LogP contribution in [0.2, 0.25) is 0 Å². The van der Waals surface area contributed by atoms with Gasteiger partial charge >= 0.3 is 0 Å². The van der Waals surface area contributed by atoms with Crippen LogP contribution in [0.25, 0.3) is 0 Å². The third-order valence-electron chi connectivity index (χ3n) is 2.66. The summed E-state index contributed by atoms with van der Waals surface area (Å²) in [6.07, 6.45) is 11.7. The van der Waals surface area contributed by atoms with Gasteiger partial charge in [0, 0.05) is 12.8 Å². The van der Waals surface area contributed by atoms with Crippen LogP contribution in [0.4, 0.5) is 0 Å². The SMILES string of the molecule is [CH2]CCCCCCC(=O)CCCCC[CH2]. The molecule has 0 heterocycles. The van der Waals surface area contributed by atoms with E-state index in [1.807, 2.05) is 0 Å². The van der Waals surface area contributed by atoms with Gasteiger partial charge in [-0.3, -0.25) is 4.79 Å². The molecular weight excluding hydrogens is 184 g/mol. The van der Waals surface area contributed by atoms with Gasteiger partial charge in [-0.1, -0.05) is 58.8 Å². The van der Waals surface area contributed by atoms with Crippen molar-refractivity contribution in [1.29, 1.82) is 0 Å². The van der Waals surface area contributed by atoms with Crippen LogP contribution in [0, 0.1) is 13.8 Å². The van der Waals surface area contributed by atoms with Crippen LogP contribution in [-0.2, 0) is 4.79 Å². The molecule has 15 heavy (non-hydrogen) atoms. The van der Waals surface area contributed by atoms with Gasteiger partial charge in [0.05, 0.1) is 0 Å². The first-order chi connectivity index (χ1) is 7.31. The largest absolute Gasteiger partial charge is 0.300 e. The lowest BCUT2D eigenvalue weighted by Gasteiger charge is -2.01. The predicted octanol–water partition coefficient (Wildman–Crippen LogP) is 4.51. The number of carbonyl (C=O) groups excluding carboxylic acids is 1. The van der Waals surface area contributed by atoms with E-state index in [-0.39, 0.29) is 0 Å². The first-order valence-corrected chi connectivity index (χ1v) is 6.41. The molecular formula is C14H26O. The van der Waals surface area contributed by atoms with Gasteiger partial charge in [-0.25, -0.2) is 0 Å². The average Bonchev–Trinajstić information content (AvgIpc) is 2.24. The summed E-state index contributed by atoms with van der Waals surface area (Å²) in [5.41, 5.74) is 0. The molecule has 0 atom stereocenters. The van der Waals surface area contributed by atoms with Crippen molar-refractivity contribution >= 4 is 5.78 Å². The summed E-state index contributed by atoms with van der Waals surface area (Å²) in [4.78, 5) is 11.4. The molecule has 0 aromatic rings. The maximum atomic E-state index is 11.4. The van der Waals surface area contributed by atoms with Crippen LogP contribution in [0.15, 0.2) is 0 Å². The zero-order valence-corrected chi connectivity index (χ0v) is 10.1. The van der Waals surface area contributed by atoms with Crippen molar-refractivity contribution < 1.29 is 4.79 Å². The molecule has 1 nitrogen and oxygen atoms in total. The van der Waals surface area contributed by atoms with Crippen molar-refractivity contribution in [1.82, 2.24) is 0 Å². The smallest absolute Gasteiger partial charge is 0.132 e. The quantitative estimate of drug-likeness (QED) is 0.458. The van der Waals surface area contributed by atoms with Crippen LogP contribution < -0.4 is 0 Å². The molecule has 0 aromatic carbocycles. The molecule has 0 aromatic heterocycles. The maximum Gasteiger partial charge on any atom is 0.132 e. The van der Waals surface area contributed by atoms with E-state index in [0.717, 1.165) is 51.4 Å². The van der Waals surface area contributed by atoms with E-state index in [9.17, 15) is 4.79 Å². The molecule has 0 fully saturated rings. The van der Waals surface area contributed by atoms with E-state index in [2.05, 4.69) is 13.8 Å². The van der Waals surface area contributed by atoms with Gasteiger partial charge in [0.1, 0.15) is 5.78 Å². The number of rotatable bonds is 11. The lowest BCUT2D eigenvalue weighted by atomic mass is 10.0. The van der Waals surface area contributed by atoms with Crippen LogP contribution in [0.1, 0.15) is 70.6 Å². The number of hydrogen-bond acceptors (Lipinski definition) is 1. The fourth-order valence-electron chi connectivity index (χ4n) is 1.65. The Morgan fingerprint density at radius 3 is 1.53 bits per heavy atom. The second-order valence-corrected chi connectivity index (χ2v) is 4.22. The minimum Gasteiger partial charge on any atom is -0.300 e. The molecule has 0 aliphatic heterocycles. The Hall–Kier alpha value is -0.330. The third kappa shape index (κ3) is 11.6. The van der Waals surface area contributed by atoms with E-state index >= 15 is 0 Å². The Morgan fingerprint density at radius 2 is 1.07 bits per heavy atom. The summed E-state index contributed by atoms with van der Waals surface area (Å²) in [5.74, 6) is 0.452. The highest BCUT2D eigenvalue weighted by Crippen LogP contribution is 2.09. The van der Waals surface area contributed by atoms with Crippen molar-refractivity contribution in [2.24, 2.45) is 0 Å². The van der Waals surface area contributed by atoms with Crippen LogP contribution >= 0.6 is 0 Å². The molecule has 1 heteroatoms. The molecule has 0 N–H and O–H groups in total. The fraction of sp³-hybridized carbons (Fsp3) is 0.786. The molecule has 0 aliphatic rings. The molecule has 0 bridgehead atoms. The van der Waals surface area contributed by atoms with Crippen molar-refractivity contribution in [3.63, 3.8) is 0 Å². The summed E-state index contributed by atoms with van der Waals surface area (Å²) < 4.78 is 0. The lowest BCUT2D eigenvalue weighted by molar-refractivity contribution is -0.119. The lowest BCUT2D eigenvalue weighted by Crippen LogP contribution is -1.97. The molecule has 0 amide bonds. The summed E-state index contributed by atoms with van der Waals surface area (Å²) in [7, 11) is 0. The summed E-state index contributed by atoms with van der Waals surface area (Å²) in [5, 5.41) is 0. The highest BCUT2D eigenvalue weighted by atomic mass is 16.1. The fourth-order valence-corrected chi connectivity index (χ4v) is 1.65. The van der Waals surface area contributed by atoms with E-state index in [4.69, 9.17) is 0 Å². The Morgan fingerprint density at radius 1 is 0.667 bits per heavy atom. The molecule has 0 rings (SSSR count). The van der Waals surface area contributed by atoms with Crippen LogP contribution in [-0.4, -0.2) is 5.78 Å². The van der Waals surface area contributed by atoms with Gasteiger partial charge in [0.2, 0.25) is 0 Å². The van der Waals surface area contributed by atoms with Gasteiger partial charge in [0.15, 0.2) is 0 Å². The van der Waals surface area contributed by atoms with Gasteiger partial charge in [-0.05, 0) is 12.8 Å². The molecule has 0 aliphatic carbocycles. The van der Waals surface area contributed by atoms with Gasteiger partial charge < -0.3 is 0 Å². The third-order valence-corrected chi connectivity index (χ3v) is 2.66. The number of hydrogen-bond donors (Lipinski definition) is 0. The Balaban J connectivity index is 3.11. The number of unbranched alkanes of at least 4 members (excludes halogenated alkanes) is 7. The molecule has 2 radical (unpaired) electrons. The normalized spacial score (nSPS) is 10.5. The average molecular weight is 210 g/mol. The molecule has 0 saturated heterocycles. The molecule has 88 valence electrons. The molecule has 0 unspecified atom stereocenters. The topological polar surface area (TPSA) is 17.1 Å².